The highest BCUT2D eigenvalue weighted by Crippen LogP contribution is 2.20. The highest BCUT2D eigenvalue weighted by Gasteiger charge is 2.19. The van der Waals surface area contributed by atoms with Crippen molar-refractivity contribution in [2.45, 2.75) is 33.2 Å². The lowest BCUT2D eigenvalue weighted by molar-refractivity contribution is -0.141. The van der Waals surface area contributed by atoms with E-state index in [1.807, 2.05) is 54.8 Å². The van der Waals surface area contributed by atoms with Crippen LogP contribution in [0.4, 0.5) is 0 Å². The zero-order chi connectivity index (χ0) is 17.0. The fourth-order valence-corrected chi connectivity index (χ4v) is 2.65. The van der Waals surface area contributed by atoms with Crippen LogP contribution in [-0.2, 0) is 9.53 Å². The van der Waals surface area contributed by atoms with Gasteiger partial charge >= 0.3 is 5.97 Å². The summed E-state index contributed by atoms with van der Waals surface area (Å²) in [4.78, 5) is 23.7. The Hall–Kier alpha value is -2.56. The smallest absolute Gasteiger partial charge is 0.307 e. The van der Waals surface area contributed by atoms with Crippen LogP contribution in [0.15, 0.2) is 36.4 Å². The highest BCUT2D eigenvalue weighted by molar-refractivity contribution is 5.96. The van der Waals surface area contributed by atoms with Gasteiger partial charge in [-0.15, -0.1) is 0 Å². The molecule has 5 nitrogen and oxygen atoms in total. The lowest BCUT2D eigenvalue weighted by Crippen LogP contribution is -2.34. The van der Waals surface area contributed by atoms with Crippen molar-refractivity contribution >= 4 is 11.9 Å². The van der Waals surface area contributed by atoms with Crippen molar-refractivity contribution in [1.82, 2.24) is 9.88 Å². The van der Waals surface area contributed by atoms with Gasteiger partial charge in [0.05, 0.1) is 19.1 Å². The number of benzene rings is 1. The average Bonchev–Trinajstić information content (AvgIpc) is 2.82. The maximum atomic E-state index is 12.5. The van der Waals surface area contributed by atoms with E-state index >= 15 is 0 Å². The summed E-state index contributed by atoms with van der Waals surface area (Å²) in [5.74, 6) is -0.524. The SMILES string of the molecule is COC(=O)CC(C)NC(=O)c1cc(C)n(-c2ccccc2)c1C. The summed E-state index contributed by atoms with van der Waals surface area (Å²) >= 11 is 0. The molecule has 0 saturated carbocycles. The molecule has 0 aliphatic heterocycles. The number of nitrogens with zero attached hydrogens (tertiary/aromatic N) is 1. The van der Waals surface area contributed by atoms with E-state index in [1.165, 1.54) is 7.11 Å². The van der Waals surface area contributed by atoms with Crippen molar-refractivity contribution in [3.8, 4) is 5.69 Å². The van der Waals surface area contributed by atoms with Crippen LogP contribution < -0.4 is 5.32 Å². The number of carbonyl (C=O) groups is 2. The van der Waals surface area contributed by atoms with Crippen LogP contribution in [-0.4, -0.2) is 29.6 Å². The number of amides is 1. The zero-order valence-electron chi connectivity index (χ0n) is 13.9. The van der Waals surface area contributed by atoms with Gasteiger partial charge in [-0.25, -0.2) is 0 Å². The molecule has 2 rings (SSSR count). The number of nitrogens with one attached hydrogen (secondary N) is 1. The Kier molecular flexibility index (Phi) is 5.21. The van der Waals surface area contributed by atoms with Crippen LogP contribution in [0.2, 0.25) is 0 Å². The number of rotatable bonds is 5. The summed E-state index contributed by atoms with van der Waals surface area (Å²) in [5.41, 5.74) is 3.49. The van der Waals surface area contributed by atoms with Gasteiger partial charge in [0, 0.05) is 23.1 Å². The summed E-state index contributed by atoms with van der Waals surface area (Å²) < 4.78 is 6.66. The summed E-state index contributed by atoms with van der Waals surface area (Å²) in [7, 11) is 1.34. The molecule has 1 atom stereocenters. The summed E-state index contributed by atoms with van der Waals surface area (Å²) in [6.07, 6.45) is 0.152. The number of aromatic nitrogens is 1. The second-order valence-electron chi connectivity index (χ2n) is 5.61. The highest BCUT2D eigenvalue weighted by atomic mass is 16.5. The maximum Gasteiger partial charge on any atom is 0.307 e. The second-order valence-corrected chi connectivity index (χ2v) is 5.61. The van der Waals surface area contributed by atoms with Crippen molar-refractivity contribution in [2.24, 2.45) is 0 Å². The number of methoxy groups -OCH3 is 1. The topological polar surface area (TPSA) is 60.3 Å². The first-order valence-electron chi connectivity index (χ1n) is 7.56. The van der Waals surface area contributed by atoms with E-state index in [1.54, 1.807) is 6.92 Å². The van der Waals surface area contributed by atoms with Gasteiger partial charge in [0.15, 0.2) is 0 Å². The Morgan fingerprint density at radius 2 is 1.87 bits per heavy atom. The second kappa shape index (κ2) is 7.13. The van der Waals surface area contributed by atoms with Crippen molar-refractivity contribution < 1.29 is 14.3 Å². The van der Waals surface area contributed by atoms with Crippen LogP contribution in [0, 0.1) is 13.8 Å². The van der Waals surface area contributed by atoms with Crippen LogP contribution in [0.1, 0.15) is 35.1 Å². The van der Waals surface area contributed by atoms with E-state index in [2.05, 4.69) is 10.1 Å². The van der Waals surface area contributed by atoms with Gasteiger partial charge in [-0.05, 0) is 39.0 Å². The molecular weight excluding hydrogens is 292 g/mol. The number of carbonyl (C=O) groups excluding carboxylic acids is 2. The van der Waals surface area contributed by atoms with Gasteiger partial charge < -0.3 is 14.6 Å². The van der Waals surface area contributed by atoms with Gasteiger partial charge in [-0.1, -0.05) is 18.2 Å². The standard InChI is InChI=1S/C18H22N2O3/c1-12(10-17(21)23-4)19-18(22)16-11-13(2)20(14(16)3)15-8-6-5-7-9-15/h5-9,11-12H,10H2,1-4H3,(H,19,22). The van der Waals surface area contributed by atoms with Crippen LogP contribution in [0.3, 0.4) is 0 Å². The fraction of sp³-hybridized carbons (Fsp3) is 0.333. The fourth-order valence-electron chi connectivity index (χ4n) is 2.65. The molecule has 122 valence electrons. The summed E-state index contributed by atoms with van der Waals surface area (Å²) in [6.45, 7) is 5.67. The van der Waals surface area contributed by atoms with Gasteiger partial charge in [0.1, 0.15) is 0 Å². The molecule has 0 aliphatic carbocycles. The van der Waals surface area contributed by atoms with Crippen LogP contribution in [0.25, 0.3) is 5.69 Å². The predicted octanol–water partition coefficient (Wildman–Crippen LogP) is 2.78. The number of ether oxygens (including phenoxy) is 1. The Labute approximate surface area is 136 Å². The molecule has 1 amide bonds. The number of hydrogen-bond acceptors (Lipinski definition) is 3. The molecule has 0 bridgehead atoms. The Morgan fingerprint density at radius 3 is 2.48 bits per heavy atom. The van der Waals surface area contributed by atoms with E-state index in [9.17, 15) is 9.59 Å². The zero-order valence-corrected chi connectivity index (χ0v) is 13.9. The van der Waals surface area contributed by atoms with Crippen molar-refractivity contribution in [2.75, 3.05) is 7.11 Å². The molecule has 1 heterocycles. The molecule has 0 saturated heterocycles. The Morgan fingerprint density at radius 1 is 1.22 bits per heavy atom. The first-order valence-corrected chi connectivity index (χ1v) is 7.56. The van der Waals surface area contributed by atoms with Crippen molar-refractivity contribution in [1.29, 1.82) is 0 Å². The number of esters is 1. The molecule has 0 fully saturated rings. The third kappa shape index (κ3) is 3.80. The first kappa shape index (κ1) is 16.8. The predicted molar refractivity (Wildman–Crippen MR) is 88.8 cm³/mol. The van der Waals surface area contributed by atoms with Gasteiger partial charge in [0.2, 0.25) is 0 Å². The van der Waals surface area contributed by atoms with Gasteiger partial charge in [-0.3, -0.25) is 9.59 Å². The molecule has 0 aliphatic rings. The van der Waals surface area contributed by atoms with Crippen LogP contribution in [0.5, 0.6) is 0 Å². The van der Waals surface area contributed by atoms with E-state index in [-0.39, 0.29) is 24.3 Å². The quantitative estimate of drug-likeness (QED) is 0.863. The van der Waals surface area contributed by atoms with E-state index < -0.39 is 0 Å². The number of hydrogen-bond donors (Lipinski definition) is 1. The largest absolute Gasteiger partial charge is 0.469 e. The first-order chi connectivity index (χ1) is 10.9. The Balaban J connectivity index is 2.21. The summed E-state index contributed by atoms with van der Waals surface area (Å²) in [6, 6.07) is 11.5. The monoisotopic (exact) mass is 314 g/mol. The van der Waals surface area contributed by atoms with Gasteiger partial charge in [-0.2, -0.15) is 0 Å². The molecule has 5 heteroatoms. The van der Waals surface area contributed by atoms with Crippen molar-refractivity contribution in [3.05, 3.63) is 53.3 Å². The minimum absolute atomic E-state index is 0.152. The Bertz CT molecular complexity index is 705. The van der Waals surface area contributed by atoms with Crippen molar-refractivity contribution in [3.63, 3.8) is 0 Å². The van der Waals surface area contributed by atoms with E-state index in [0.29, 0.717) is 5.56 Å². The molecule has 23 heavy (non-hydrogen) atoms. The third-order valence-corrected chi connectivity index (χ3v) is 3.77. The molecule has 1 aromatic heterocycles. The maximum absolute atomic E-state index is 12.5. The molecule has 0 radical (unpaired) electrons. The molecule has 1 aromatic carbocycles. The lowest BCUT2D eigenvalue weighted by Gasteiger charge is -2.13. The third-order valence-electron chi connectivity index (χ3n) is 3.77. The molecule has 1 unspecified atom stereocenters. The summed E-state index contributed by atoms with van der Waals surface area (Å²) in [5, 5.41) is 2.84. The number of aryl methyl sites for hydroxylation is 1. The van der Waals surface area contributed by atoms with E-state index in [4.69, 9.17) is 0 Å². The minimum Gasteiger partial charge on any atom is -0.469 e. The lowest BCUT2D eigenvalue weighted by atomic mass is 10.2. The molecule has 1 N–H and O–H groups in total. The average molecular weight is 314 g/mol. The minimum atomic E-state index is -0.340. The normalized spacial score (nSPS) is 11.8. The van der Waals surface area contributed by atoms with Gasteiger partial charge in [0.25, 0.3) is 5.91 Å². The molecule has 2 aromatic rings. The molecule has 0 spiro atoms. The number of para-hydroxylation sites is 1. The van der Waals surface area contributed by atoms with E-state index in [0.717, 1.165) is 17.1 Å². The van der Waals surface area contributed by atoms with Crippen LogP contribution >= 0.6 is 0 Å². The molecular formula is C18H22N2O3.